The Balaban J connectivity index is 1.39. The summed E-state index contributed by atoms with van der Waals surface area (Å²) in [5, 5.41) is 2.83. The second kappa shape index (κ2) is 6.70. The van der Waals surface area contributed by atoms with Crippen LogP contribution in [0.4, 0.5) is 0 Å². The van der Waals surface area contributed by atoms with E-state index in [4.69, 9.17) is 4.74 Å². The van der Waals surface area contributed by atoms with Crippen LogP contribution in [0, 0.1) is 6.92 Å². The van der Waals surface area contributed by atoms with Crippen LogP contribution < -0.4 is 0 Å². The van der Waals surface area contributed by atoms with Crippen LogP contribution >= 0.6 is 23.1 Å². The summed E-state index contributed by atoms with van der Waals surface area (Å²) >= 11 is 3.21. The lowest BCUT2D eigenvalue weighted by Crippen LogP contribution is -2.46. The Labute approximate surface area is 160 Å². The highest BCUT2D eigenvalue weighted by Gasteiger charge is 2.53. The largest absolute Gasteiger partial charge is 0.458 e. The van der Waals surface area contributed by atoms with Crippen LogP contribution in [0.25, 0.3) is 10.6 Å². The Bertz CT molecular complexity index is 849. The van der Waals surface area contributed by atoms with E-state index < -0.39 is 6.04 Å². The summed E-state index contributed by atoms with van der Waals surface area (Å²) in [5.74, 6) is 0.323. The van der Waals surface area contributed by atoms with Crippen molar-refractivity contribution in [1.29, 1.82) is 0 Å². The molecule has 0 aliphatic carbocycles. The van der Waals surface area contributed by atoms with Gasteiger partial charge in [0.15, 0.2) is 0 Å². The van der Waals surface area contributed by atoms with E-state index >= 15 is 0 Å². The highest BCUT2D eigenvalue weighted by atomic mass is 32.2. The number of aryl methyl sites for hydroxylation is 1. The molecule has 0 radical (unpaired) electrons. The summed E-state index contributed by atoms with van der Waals surface area (Å²) in [6.07, 6.45) is 1.31. The summed E-state index contributed by atoms with van der Waals surface area (Å²) in [6.45, 7) is 4.22. The minimum atomic E-state index is -0.477. The number of nitrogens with zero attached hydrogens (tertiary/aromatic N) is 2. The molecular formula is C19H20N2O3S2. The Morgan fingerprint density at radius 3 is 2.92 bits per heavy atom. The third-order valence-corrected chi connectivity index (χ3v) is 7.37. The maximum atomic E-state index is 12.5. The number of esters is 1. The lowest BCUT2D eigenvalue weighted by molar-refractivity contribution is -0.154. The smallest absolute Gasteiger partial charge is 0.330 e. The highest BCUT2D eigenvalue weighted by Crippen LogP contribution is 2.47. The fourth-order valence-corrected chi connectivity index (χ4v) is 5.67. The third kappa shape index (κ3) is 3.14. The topological polar surface area (TPSA) is 59.5 Å². The van der Waals surface area contributed by atoms with Crippen LogP contribution in [0.3, 0.4) is 0 Å². The Morgan fingerprint density at radius 2 is 2.15 bits per heavy atom. The first kappa shape index (κ1) is 17.5. The van der Waals surface area contributed by atoms with Gasteiger partial charge in [0.1, 0.15) is 17.7 Å². The molecule has 5 nitrogen and oxygen atoms in total. The zero-order chi connectivity index (χ0) is 18.3. The van der Waals surface area contributed by atoms with Gasteiger partial charge in [-0.15, -0.1) is 23.1 Å². The zero-order valence-corrected chi connectivity index (χ0v) is 16.4. The van der Waals surface area contributed by atoms with Crippen molar-refractivity contribution in [3.05, 3.63) is 40.9 Å². The molecule has 2 atom stereocenters. The van der Waals surface area contributed by atoms with E-state index in [1.54, 1.807) is 16.7 Å². The van der Waals surface area contributed by atoms with Crippen LogP contribution in [0.1, 0.15) is 31.0 Å². The molecule has 2 aliphatic heterocycles. The fraction of sp³-hybridized carbons (Fsp3) is 0.421. The lowest BCUT2D eigenvalue weighted by Gasteiger charge is -2.29. The van der Waals surface area contributed by atoms with Gasteiger partial charge in [-0.1, -0.05) is 29.8 Å². The van der Waals surface area contributed by atoms with E-state index in [-0.39, 0.29) is 23.4 Å². The molecule has 0 saturated carbocycles. The molecule has 0 N–H and O–H groups in total. The van der Waals surface area contributed by atoms with Crippen molar-refractivity contribution in [2.45, 2.75) is 44.2 Å². The van der Waals surface area contributed by atoms with Gasteiger partial charge in [0.25, 0.3) is 0 Å². The predicted octanol–water partition coefficient (Wildman–Crippen LogP) is 3.62. The van der Waals surface area contributed by atoms with E-state index in [1.165, 1.54) is 16.9 Å². The Hall–Kier alpha value is -1.86. The molecule has 1 aromatic carbocycles. The number of carbonyl (C=O) groups excluding carboxylic acids is 2. The van der Waals surface area contributed by atoms with E-state index in [9.17, 15) is 9.59 Å². The van der Waals surface area contributed by atoms with Gasteiger partial charge in [-0.2, -0.15) is 0 Å². The summed E-state index contributed by atoms with van der Waals surface area (Å²) in [6, 6.07) is 7.71. The number of fused-ring (bicyclic) bond motifs is 1. The van der Waals surface area contributed by atoms with Crippen molar-refractivity contribution in [2.24, 2.45) is 0 Å². The van der Waals surface area contributed by atoms with Gasteiger partial charge < -0.3 is 9.64 Å². The van der Waals surface area contributed by atoms with Gasteiger partial charge in [-0.25, -0.2) is 9.78 Å². The normalized spacial score (nSPS) is 24.8. The van der Waals surface area contributed by atoms with Crippen LogP contribution in [-0.2, 0) is 20.9 Å². The van der Waals surface area contributed by atoms with Crippen molar-refractivity contribution < 1.29 is 14.3 Å². The molecule has 0 unspecified atom stereocenters. The molecular weight excluding hydrogens is 368 g/mol. The quantitative estimate of drug-likeness (QED) is 0.749. The van der Waals surface area contributed by atoms with Crippen LogP contribution in [0.15, 0.2) is 29.6 Å². The van der Waals surface area contributed by atoms with Gasteiger partial charge in [-0.3, -0.25) is 4.79 Å². The standard InChI is InChI=1S/C19H20N2O3S2/c1-12-3-5-13(6-4-12)17-20-14(10-25-17)9-24-18(23)15-11-26-19(2)8-7-16(22)21(15)19/h3-6,10,15H,7-9,11H2,1-2H3/t15-,19-/m0/s1. The minimum Gasteiger partial charge on any atom is -0.458 e. The molecule has 2 aromatic rings. The summed E-state index contributed by atoms with van der Waals surface area (Å²) in [7, 11) is 0. The van der Waals surface area contributed by atoms with Crippen LogP contribution in [0.2, 0.25) is 0 Å². The minimum absolute atomic E-state index is 0.0507. The monoisotopic (exact) mass is 388 g/mol. The fourth-order valence-electron chi connectivity index (χ4n) is 3.44. The molecule has 2 fully saturated rings. The van der Waals surface area contributed by atoms with Gasteiger partial charge in [0, 0.05) is 23.1 Å². The second-order valence-corrected chi connectivity index (χ2v) is 9.24. The first-order valence-electron chi connectivity index (χ1n) is 8.60. The number of thioether (sulfide) groups is 1. The SMILES string of the molecule is Cc1ccc(-c2nc(COC(=O)[C@@H]3CS[C@@]4(C)CCC(=O)N34)cs2)cc1. The molecule has 3 heterocycles. The molecule has 1 aromatic heterocycles. The molecule has 2 saturated heterocycles. The first-order valence-corrected chi connectivity index (χ1v) is 10.5. The number of ether oxygens (including phenoxy) is 1. The maximum absolute atomic E-state index is 12.5. The first-order chi connectivity index (χ1) is 12.5. The number of amides is 1. The molecule has 1 amide bonds. The zero-order valence-electron chi connectivity index (χ0n) is 14.7. The number of carbonyl (C=O) groups is 2. The molecule has 0 bridgehead atoms. The van der Waals surface area contributed by atoms with Crippen molar-refractivity contribution in [3.63, 3.8) is 0 Å². The molecule has 4 rings (SSSR count). The maximum Gasteiger partial charge on any atom is 0.330 e. The average molecular weight is 389 g/mol. The number of rotatable bonds is 4. The average Bonchev–Trinajstić information content (AvgIpc) is 3.30. The number of benzene rings is 1. The Kier molecular flexibility index (Phi) is 4.52. The number of thiazole rings is 1. The van der Waals surface area contributed by atoms with Gasteiger partial charge in [0.05, 0.1) is 10.6 Å². The molecule has 0 spiro atoms. The summed E-state index contributed by atoms with van der Waals surface area (Å²) in [5.41, 5.74) is 3.00. The van der Waals surface area contributed by atoms with E-state index in [0.717, 1.165) is 22.7 Å². The molecule has 26 heavy (non-hydrogen) atoms. The van der Waals surface area contributed by atoms with Crippen LogP contribution in [0.5, 0.6) is 0 Å². The lowest BCUT2D eigenvalue weighted by atomic mass is 10.2. The second-order valence-electron chi connectivity index (χ2n) is 6.88. The van der Waals surface area contributed by atoms with Crippen molar-refractivity contribution >= 4 is 35.0 Å². The number of aromatic nitrogens is 1. The van der Waals surface area contributed by atoms with Gasteiger partial charge in [-0.05, 0) is 20.3 Å². The number of hydrogen-bond acceptors (Lipinski definition) is 6. The summed E-state index contributed by atoms with van der Waals surface area (Å²) in [4.78, 5) is 30.7. The molecule has 136 valence electrons. The van der Waals surface area contributed by atoms with E-state index in [0.29, 0.717) is 12.2 Å². The Morgan fingerprint density at radius 1 is 1.38 bits per heavy atom. The third-order valence-electron chi connectivity index (χ3n) is 4.93. The van der Waals surface area contributed by atoms with Crippen molar-refractivity contribution in [3.8, 4) is 10.6 Å². The number of hydrogen-bond donors (Lipinski definition) is 0. The summed E-state index contributed by atoms with van der Waals surface area (Å²) < 4.78 is 5.48. The van der Waals surface area contributed by atoms with Gasteiger partial charge >= 0.3 is 5.97 Å². The van der Waals surface area contributed by atoms with Gasteiger partial charge in [0.2, 0.25) is 5.91 Å². The van der Waals surface area contributed by atoms with Crippen molar-refractivity contribution in [1.82, 2.24) is 9.88 Å². The highest BCUT2D eigenvalue weighted by molar-refractivity contribution is 8.01. The van der Waals surface area contributed by atoms with E-state index in [2.05, 4.69) is 17.1 Å². The molecule has 2 aliphatic rings. The molecule has 7 heteroatoms. The van der Waals surface area contributed by atoms with Crippen LogP contribution in [-0.4, -0.2) is 38.4 Å². The van der Waals surface area contributed by atoms with E-state index in [1.807, 2.05) is 31.4 Å². The van der Waals surface area contributed by atoms with Crippen molar-refractivity contribution in [2.75, 3.05) is 5.75 Å². The predicted molar refractivity (Wildman–Crippen MR) is 103 cm³/mol.